The van der Waals surface area contributed by atoms with E-state index in [1.165, 1.54) is 0 Å². The molecular weight excluding hydrogens is 276 g/mol. The van der Waals surface area contributed by atoms with E-state index in [1.807, 2.05) is 18.8 Å². The van der Waals surface area contributed by atoms with Gasteiger partial charge in [-0.2, -0.15) is 26.7 Å². The molecule has 2 N–H and O–H groups in total. The first-order chi connectivity index (χ1) is 9.83. The molecule has 1 fully saturated rings. The second kappa shape index (κ2) is 8.11. The lowest BCUT2D eigenvalue weighted by molar-refractivity contribution is 0.122. The fraction of sp³-hybridized carbons (Fsp3) is 0.750. The summed E-state index contributed by atoms with van der Waals surface area (Å²) in [5.41, 5.74) is 0. The van der Waals surface area contributed by atoms with Crippen LogP contribution in [0, 0.1) is 0 Å². The van der Waals surface area contributed by atoms with Crippen LogP contribution in [-0.4, -0.2) is 66.9 Å². The second-order valence-corrected chi connectivity index (χ2v) is 5.39. The number of hydrogen-bond acceptors (Lipinski definition) is 8. The highest BCUT2D eigenvalue weighted by Crippen LogP contribution is 2.14. The number of ether oxygens (including phenoxy) is 1. The quantitative estimate of drug-likeness (QED) is 0.720. The van der Waals surface area contributed by atoms with Crippen LogP contribution in [-0.2, 0) is 4.74 Å². The summed E-state index contributed by atoms with van der Waals surface area (Å²) in [6.45, 7) is 3.95. The maximum Gasteiger partial charge on any atom is 0.232 e. The minimum atomic E-state index is 0.592. The van der Waals surface area contributed by atoms with Crippen LogP contribution in [0.1, 0.15) is 6.42 Å². The van der Waals surface area contributed by atoms with E-state index in [0.29, 0.717) is 17.8 Å². The molecule has 0 aromatic carbocycles. The number of nitrogens with one attached hydrogen (secondary N) is 2. The third-order valence-corrected chi connectivity index (χ3v) is 3.65. The predicted octanol–water partition coefficient (Wildman–Crippen LogP) is 0.915. The first kappa shape index (κ1) is 15.1. The van der Waals surface area contributed by atoms with Crippen LogP contribution < -0.4 is 15.5 Å². The summed E-state index contributed by atoms with van der Waals surface area (Å²) in [5.74, 6) is 3.06. The van der Waals surface area contributed by atoms with Gasteiger partial charge in [0.05, 0.1) is 13.2 Å². The van der Waals surface area contributed by atoms with Crippen molar-refractivity contribution in [3.63, 3.8) is 0 Å². The Morgan fingerprint density at radius 1 is 1.20 bits per heavy atom. The van der Waals surface area contributed by atoms with Gasteiger partial charge in [-0.05, 0) is 18.4 Å². The number of hydrogen-bond donors (Lipinski definition) is 2. The number of aromatic nitrogens is 3. The number of rotatable bonds is 7. The van der Waals surface area contributed by atoms with Crippen LogP contribution in [0.15, 0.2) is 0 Å². The molecule has 1 aliphatic heterocycles. The average molecular weight is 298 g/mol. The number of thioether (sulfide) groups is 1. The van der Waals surface area contributed by atoms with Gasteiger partial charge in [-0.25, -0.2) is 0 Å². The molecule has 1 saturated heterocycles. The van der Waals surface area contributed by atoms with Gasteiger partial charge < -0.3 is 20.3 Å². The van der Waals surface area contributed by atoms with Crippen molar-refractivity contribution in [2.75, 3.05) is 67.4 Å². The lowest BCUT2D eigenvalue weighted by Crippen LogP contribution is -2.37. The smallest absolute Gasteiger partial charge is 0.232 e. The highest BCUT2D eigenvalue weighted by atomic mass is 32.2. The Kier molecular flexibility index (Phi) is 6.13. The van der Waals surface area contributed by atoms with Gasteiger partial charge in [0.2, 0.25) is 17.8 Å². The molecule has 0 saturated carbocycles. The summed E-state index contributed by atoms with van der Waals surface area (Å²) in [6, 6.07) is 0. The fourth-order valence-electron chi connectivity index (χ4n) is 1.88. The van der Waals surface area contributed by atoms with E-state index in [-0.39, 0.29) is 0 Å². The normalized spacial score (nSPS) is 15.2. The van der Waals surface area contributed by atoms with Crippen molar-refractivity contribution >= 4 is 29.6 Å². The maximum absolute atomic E-state index is 5.35. The molecule has 7 nitrogen and oxygen atoms in total. The van der Waals surface area contributed by atoms with Crippen LogP contribution in [0.2, 0.25) is 0 Å². The molecule has 0 radical (unpaired) electrons. The van der Waals surface area contributed by atoms with Gasteiger partial charge in [0, 0.05) is 26.7 Å². The lowest BCUT2D eigenvalue weighted by atomic mass is 10.4. The van der Waals surface area contributed by atoms with Crippen molar-refractivity contribution in [2.45, 2.75) is 6.42 Å². The number of nitrogens with zero attached hydrogens (tertiary/aromatic N) is 4. The van der Waals surface area contributed by atoms with Gasteiger partial charge in [0.1, 0.15) is 0 Å². The summed E-state index contributed by atoms with van der Waals surface area (Å²) in [6.07, 6.45) is 3.20. The van der Waals surface area contributed by atoms with Crippen molar-refractivity contribution in [1.82, 2.24) is 15.0 Å². The van der Waals surface area contributed by atoms with E-state index in [1.54, 1.807) is 0 Å². The Hall–Kier alpha value is -1.28. The van der Waals surface area contributed by atoms with Gasteiger partial charge in [-0.15, -0.1) is 0 Å². The molecule has 112 valence electrons. The molecule has 1 aliphatic rings. The Balaban J connectivity index is 2.03. The third kappa shape index (κ3) is 4.38. The highest BCUT2D eigenvalue weighted by Gasteiger charge is 2.16. The van der Waals surface area contributed by atoms with Crippen LogP contribution in [0.5, 0.6) is 0 Å². The van der Waals surface area contributed by atoms with Crippen molar-refractivity contribution in [1.29, 1.82) is 0 Å². The maximum atomic E-state index is 5.35. The van der Waals surface area contributed by atoms with Gasteiger partial charge >= 0.3 is 0 Å². The average Bonchev–Trinajstić information content (AvgIpc) is 2.52. The molecule has 0 bridgehead atoms. The standard InChI is InChI=1S/C12H22N6OS/c1-13-10-15-11(14-4-3-9-20-2)17-12(16-10)18-5-7-19-8-6-18/h3-9H2,1-2H3,(H2,13,14,15,16,17). The predicted molar refractivity (Wildman–Crippen MR) is 83.9 cm³/mol. The number of anilines is 3. The fourth-order valence-corrected chi connectivity index (χ4v) is 2.31. The SMILES string of the molecule is CNc1nc(NCCCSC)nc(N2CCOCC2)n1. The van der Waals surface area contributed by atoms with Gasteiger partial charge in [-0.3, -0.25) is 0 Å². The zero-order valence-electron chi connectivity index (χ0n) is 12.1. The third-order valence-electron chi connectivity index (χ3n) is 2.95. The zero-order chi connectivity index (χ0) is 14.2. The molecule has 0 spiro atoms. The first-order valence-electron chi connectivity index (χ1n) is 6.83. The summed E-state index contributed by atoms with van der Waals surface area (Å²) >= 11 is 1.84. The second-order valence-electron chi connectivity index (χ2n) is 4.41. The Morgan fingerprint density at radius 3 is 2.65 bits per heavy atom. The van der Waals surface area contributed by atoms with Gasteiger partial charge in [-0.1, -0.05) is 0 Å². The molecule has 0 unspecified atom stereocenters. The van der Waals surface area contributed by atoms with E-state index in [2.05, 4.69) is 36.7 Å². The zero-order valence-corrected chi connectivity index (χ0v) is 12.9. The van der Waals surface area contributed by atoms with Gasteiger partial charge in [0.15, 0.2) is 0 Å². The topological polar surface area (TPSA) is 75.2 Å². The van der Waals surface area contributed by atoms with E-state index in [4.69, 9.17) is 4.74 Å². The van der Waals surface area contributed by atoms with Crippen LogP contribution >= 0.6 is 11.8 Å². The Labute approximate surface area is 123 Å². The molecule has 0 aliphatic carbocycles. The molecule has 2 rings (SSSR count). The van der Waals surface area contributed by atoms with Crippen molar-refractivity contribution in [3.05, 3.63) is 0 Å². The van der Waals surface area contributed by atoms with Crippen LogP contribution in [0.4, 0.5) is 17.8 Å². The largest absolute Gasteiger partial charge is 0.378 e. The van der Waals surface area contributed by atoms with Gasteiger partial charge in [0.25, 0.3) is 0 Å². The summed E-state index contributed by atoms with van der Waals surface area (Å²) < 4.78 is 5.35. The monoisotopic (exact) mass is 298 g/mol. The molecular formula is C12H22N6OS. The molecule has 2 heterocycles. The van der Waals surface area contributed by atoms with E-state index >= 15 is 0 Å². The Morgan fingerprint density at radius 2 is 1.95 bits per heavy atom. The Bertz CT molecular complexity index is 413. The molecule has 20 heavy (non-hydrogen) atoms. The molecule has 1 aromatic rings. The van der Waals surface area contributed by atoms with E-state index < -0.39 is 0 Å². The van der Waals surface area contributed by atoms with E-state index in [0.717, 1.165) is 45.0 Å². The summed E-state index contributed by atoms with van der Waals surface area (Å²) in [5, 5.41) is 6.24. The van der Waals surface area contributed by atoms with Crippen molar-refractivity contribution in [3.8, 4) is 0 Å². The summed E-state index contributed by atoms with van der Waals surface area (Å²) in [7, 11) is 1.82. The van der Waals surface area contributed by atoms with Crippen molar-refractivity contribution < 1.29 is 4.74 Å². The number of morpholine rings is 1. The minimum Gasteiger partial charge on any atom is -0.378 e. The molecule has 0 amide bonds. The minimum absolute atomic E-state index is 0.592. The highest BCUT2D eigenvalue weighted by molar-refractivity contribution is 7.98. The van der Waals surface area contributed by atoms with Crippen molar-refractivity contribution in [2.24, 2.45) is 0 Å². The molecule has 0 atom stereocenters. The molecule has 8 heteroatoms. The van der Waals surface area contributed by atoms with E-state index in [9.17, 15) is 0 Å². The summed E-state index contributed by atoms with van der Waals surface area (Å²) in [4.78, 5) is 15.4. The van der Waals surface area contributed by atoms with Crippen LogP contribution in [0.25, 0.3) is 0 Å². The lowest BCUT2D eigenvalue weighted by Gasteiger charge is -2.27. The van der Waals surface area contributed by atoms with Crippen LogP contribution in [0.3, 0.4) is 0 Å². The first-order valence-corrected chi connectivity index (χ1v) is 8.22. The molecule has 1 aromatic heterocycles.